The second kappa shape index (κ2) is 6.85. The van der Waals surface area contributed by atoms with Crippen LogP contribution in [0.5, 0.6) is 0 Å². The van der Waals surface area contributed by atoms with Gasteiger partial charge in [-0.05, 0) is 38.1 Å². The zero-order valence-electron chi connectivity index (χ0n) is 12.9. The molecule has 0 amide bonds. The second-order valence-electron chi connectivity index (χ2n) is 6.02. The topological polar surface area (TPSA) is 69.4 Å². The molecule has 1 saturated carbocycles. The van der Waals surface area contributed by atoms with E-state index in [4.69, 9.17) is 14.0 Å². The van der Waals surface area contributed by atoms with Gasteiger partial charge >= 0.3 is 0 Å². The van der Waals surface area contributed by atoms with Gasteiger partial charge in [0.25, 0.3) is 0 Å². The highest BCUT2D eigenvalue weighted by Gasteiger charge is 2.37. The molecule has 3 unspecified atom stereocenters. The maximum atomic E-state index is 5.60. The number of nitrogens with one attached hydrogen (secondary N) is 1. The van der Waals surface area contributed by atoms with Crippen LogP contribution in [0.2, 0.25) is 0 Å². The fourth-order valence-corrected chi connectivity index (χ4v) is 2.98. The molecule has 21 heavy (non-hydrogen) atoms. The van der Waals surface area contributed by atoms with Crippen molar-refractivity contribution in [2.45, 2.75) is 50.7 Å². The van der Waals surface area contributed by atoms with E-state index >= 15 is 0 Å². The molecule has 0 bridgehead atoms. The van der Waals surface area contributed by atoms with Gasteiger partial charge in [-0.2, -0.15) is 4.98 Å². The van der Waals surface area contributed by atoms with Gasteiger partial charge in [0.1, 0.15) is 6.10 Å². The summed E-state index contributed by atoms with van der Waals surface area (Å²) in [6, 6.07) is 0.355. The Balaban J connectivity index is 1.70. The molecule has 3 atom stereocenters. The zero-order valence-corrected chi connectivity index (χ0v) is 12.9. The Hall–Kier alpha value is -0.980. The lowest BCUT2D eigenvalue weighted by molar-refractivity contribution is 0.0497. The molecule has 1 aromatic rings. The van der Waals surface area contributed by atoms with Gasteiger partial charge in [0.15, 0.2) is 0 Å². The third-order valence-corrected chi connectivity index (χ3v) is 4.35. The van der Waals surface area contributed by atoms with Crippen LogP contribution in [0.25, 0.3) is 0 Å². The van der Waals surface area contributed by atoms with Crippen molar-refractivity contribution in [2.24, 2.45) is 5.92 Å². The molecule has 2 fully saturated rings. The van der Waals surface area contributed by atoms with Crippen LogP contribution < -0.4 is 5.32 Å². The van der Waals surface area contributed by atoms with Crippen molar-refractivity contribution in [1.29, 1.82) is 0 Å². The molecule has 0 spiro atoms. The maximum absolute atomic E-state index is 5.60. The minimum absolute atomic E-state index is 0.0194. The summed E-state index contributed by atoms with van der Waals surface area (Å²) in [5, 5.41) is 7.71. The van der Waals surface area contributed by atoms with Crippen LogP contribution in [-0.2, 0) is 9.47 Å². The maximum Gasteiger partial charge on any atom is 0.233 e. The largest absolute Gasteiger partial charge is 0.381 e. The van der Waals surface area contributed by atoms with Gasteiger partial charge in [0, 0.05) is 19.8 Å². The molecule has 1 saturated heterocycles. The van der Waals surface area contributed by atoms with E-state index in [-0.39, 0.29) is 12.0 Å². The lowest BCUT2D eigenvalue weighted by Gasteiger charge is -2.29. The van der Waals surface area contributed by atoms with Gasteiger partial charge in [-0.1, -0.05) is 12.1 Å². The third-order valence-electron chi connectivity index (χ3n) is 4.35. The number of hydrogen-bond acceptors (Lipinski definition) is 6. The van der Waals surface area contributed by atoms with Crippen molar-refractivity contribution in [1.82, 2.24) is 15.5 Å². The molecule has 1 N–H and O–H groups in total. The molecule has 118 valence electrons. The average Bonchev–Trinajstić information content (AvgIpc) is 3.23. The van der Waals surface area contributed by atoms with Gasteiger partial charge in [0.2, 0.25) is 11.7 Å². The van der Waals surface area contributed by atoms with E-state index in [2.05, 4.69) is 22.4 Å². The summed E-state index contributed by atoms with van der Waals surface area (Å²) in [5.74, 6) is 2.07. The first-order valence-corrected chi connectivity index (χ1v) is 8.01. The van der Waals surface area contributed by atoms with Crippen LogP contribution in [-0.4, -0.2) is 43.1 Å². The summed E-state index contributed by atoms with van der Waals surface area (Å²) in [6.45, 7) is 4.61. The van der Waals surface area contributed by atoms with Gasteiger partial charge < -0.3 is 19.3 Å². The highest BCUT2D eigenvalue weighted by atomic mass is 16.5. The summed E-state index contributed by atoms with van der Waals surface area (Å²) in [6.07, 6.45) is 4.46. The molecule has 6 heteroatoms. The number of methoxy groups -OCH3 is 1. The van der Waals surface area contributed by atoms with E-state index in [0.29, 0.717) is 30.3 Å². The Morgan fingerprint density at radius 3 is 2.95 bits per heavy atom. The fourth-order valence-electron chi connectivity index (χ4n) is 2.98. The van der Waals surface area contributed by atoms with Crippen molar-refractivity contribution in [3.63, 3.8) is 0 Å². The Morgan fingerprint density at radius 2 is 2.24 bits per heavy atom. The predicted molar refractivity (Wildman–Crippen MR) is 77.0 cm³/mol. The van der Waals surface area contributed by atoms with E-state index in [1.54, 1.807) is 7.11 Å². The van der Waals surface area contributed by atoms with E-state index < -0.39 is 0 Å². The molecule has 1 aliphatic carbocycles. The smallest absolute Gasteiger partial charge is 0.233 e. The van der Waals surface area contributed by atoms with Gasteiger partial charge in [0.05, 0.1) is 12.5 Å². The minimum atomic E-state index is -0.0194. The number of aromatic nitrogens is 2. The van der Waals surface area contributed by atoms with Gasteiger partial charge in [-0.25, -0.2) is 0 Å². The van der Waals surface area contributed by atoms with Crippen molar-refractivity contribution in [3.05, 3.63) is 11.7 Å². The number of hydrogen-bond donors (Lipinski definition) is 1. The summed E-state index contributed by atoms with van der Waals surface area (Å²) in [4.78, 5) is 4.60. The highest BCUT2D eigenvalue weighted by molar-refractivity contribution is 5.04. The summed E-state index contributed by atoms with van der Waals surface area (Å²) >= 11 is 0. The molecule has 2 aliphatic rings. The Bertz CT molecular complexity index is 447. The van der Waals surface area contributed by atoms with Crippen molar-refractivity contribution < 1.29 is 14.0 Å². The molecular formula is C15H25N3O3. The van der Waals surface area contributed by atoms with Gasteiger partial charge in [-0.3, -0.25) is 0 Å². The summed E-state index contributed by atoms with van der Waals surface area (Å²) in [5.41, 5.74) is 0. The lowest BCUT2D eigenvalue weighted by Crippen LogP contribution is -2.41. The summed E-state index contributed by atoms with van der Waals surface area (Å²) < 4.78 is 16.6. The van der Waals surface area contributed by atoms with Crippen LogP contribution in [0.4, 0.5) is 0 Å². The van der Waals surface area contributed by atoms with E-state index in [9.17, 15) is 0 Å². The molecule has 3 rings (SSSR count). The SMILES string of the molecule is CCCNC1CCOCC1c1nc(C(OC)C2CC2)no1. The van der Waals surface area contributed by atoms with Crippen molar-refractivity contribution in [3.8, 4) is 0 Å². The quantitative estimate of drug-likeness (QED) is 0.830. The first-order valence-electron chi connectivity index (χ1n) is 8.01. The van der Waals surface area contributed by atoms with E-state index in [1.807, 2.05) is 0 Å². The van der Waals surface area contributed by atoms with Gasteiger partial charge in [-0.15, -0.1) is 0 Å². The van der Waals surface area contributed by atoms with Crippen molar-refractivity contribution in [2.75, 3.05) is 26.9 Å². The third kappa shape index (κ3) is 3.44. The molecular weight excluding hydrogens is 270 g/mol. The minimum Gasteiger partial charge on any atom is -0.381 e. The molecule has 1 aliphatic heterocycles. The molecule has 1 aromatic heterocycles. The number of rotatable bonds is 7. The second-order valence-corrected chi connectivity index (χ2v) is 6.02. The molecule has 6 nitrogen and oxygen atoms in total. The van der Waals surface area contributed by atoms with E-state index in [0.717, 1.165) is 26.0 Å². The Labute approximate surface area is 125 Å². The monoisotopic (exact) mass is 295 g/mol. The molecule has 0 radical (unpaired) electrons. The van der Waals surface area contributed by atoms with Crippen LogP contribution >= 0.6 is 0 Å². The number of nitrogens with zero attached hydrogens (tertiary/aromatic N) is 2. The van der Waals surface area contributed by atoms with Crippen molar-refractivity contribution >= 4 is 0 Å². The Morgan fingerprint density at radius 1 is 1.38 bits per heavy atom. The van der Waals surface area contributed by atoms with Crippen LogP contribution in [0.15, 0.2) is 4.52 Å². The molecule has 0 aromatic carbocycles. The summed E-state index contributed by atoms with van der Waals surface area (Å²) in [7, 11) is 1.72. The molecule has 2 heterocycles. The Kier molecular flexibility index (Phi) is 4.87. The normalized spacial score (nSPS) is 27.7. The fraction of sp³-hybridized carbons (Fsp3) is 0.867. The first kappa shape index (κ1) is 14.9. The lowest BCUT2D eigenvalue weighted by atomic mass is 9.95. The number of ether oxygens (including phenoxy) is 2. The highest BCUT2D eigenvalue weighted by Crippen LogP contribution is 2.42. The van der Waals surface area contributed by atoms with Crippen LogP contribution in [0.1, 0.15) is 56.3 Å². The predicted octanol–water partition coefficient (Wildman–Crippen LogP) is 2.04. The standard InChI is InChI=1S/C15H25N3O3/c1-3-7-16-12-6-8-20-9-11(12)15-17-14(18-21-15)13(19-2)10-4-5-10/h10-13,16H,3-9H2,1-2H3. The first-order chi connectivity index (χ1) is 10.3. The van der Waals surface area contributed by atoms with Crippen LogP contribution in [0, 0.1) is 5.92 Å². The van der Waals surface area contributed by atoms with Crippen LogP contribution in [0.3, 0.4) is 0 Å². The average molecular weight is 295 g/mol. The zero-order chi connectivity index (χ0) is 14.7. The van der Waals surface area contributed by atoms with E-state index in [1.165, 1.54) is 12.8 Å².